The van der Waals surface area contributed by atoms with Crippen molar-refractivity contribution in [2.75, 3.05) is 17.2 Å². The van der Waals surface area contributed by atoms with Crippen LogP contribution in [0.1, 0.15) is 18.9 Å². The molecule has 114 valence electrons. The third kappa shape index (κ3) is 2.88. The number of fused-ring (bicyclic) bond motifs is 1. The minimum absolute atomic E-state index is 0.118. The summed E-state index contributed by atoms with van der Waals surface area (Å²) < 4.78 is 0. The molecule has 0 N–H and O–H groups in total. The van der Waals surface area contributed by atoms with Crippen LogP contribution in [0.2, 0.25) is 0 Å². The van der Waals surface area contributed by atoms with Crippen LogP contribution in [0.25, 0.3) is 10.8 Å². The van der Waals surface area contributed by atoms with Crippen molar-refractivity contribution in [3.8, 4) is 0 Å². The molecule has 2 aromatic rings. The van der Waals surface area contributed by atoms with Gasteiger partial charge >= 0.3 is 0 Å². The lowest BCUT2D eigenvalue weighted by molar-refractivity contribution is -0.117. The lowest BCUT2D eigenvalue weighted by Gasteiger charge is -2.21. The van der Waals surface area contributed by atoms with Crippen molar-refractivity contribution < 1.29 is 9.59 Å². The summed E-state index contributed by atoms with van der Waals surface area (Å²) in [5.41, 5.74) is 2.14. The zero-order valence-corrected chi connectivity index (χ0v) is 13.7. The van der Waals surface area contributed by atoms with Crippen molar-refractivity contribution in [1.82, 2.24) is 0 Å². The monoisotopic (exact) mass is 313 g/mol. The summed E-state index contributed by atoms with van der Waals surface area (Å²) in [4.78, 5) is 25.5. The van der Waals surface area contributed by atoms with Gasteiger partial charge in [-0.05, 0) is 23.8 Å². The van der Waals surface area contributed by atoms with Gasteiger partial charge in [-0.2, -0.15) is 0 Å². The van der Waals surface area contributed by atoms with E-state index in [-0.39, 0.29) is 16.9 Å². The standard InChI is InChI=1S/C18H19NO2S/c1-12-7-8-15-5-3-4-6-16(15)18(12)19-10-14(9-17(19)21)11-22-13(2)20/h3-8,14H,9-11H2,1-2H3. The maximum atomic E-state index is 12.5. The topological polar surface area (TPSA) is 37.4 Å². The van der Waals surface area contributed by atoms with E-state index in [1.54, 1.807) is 6.92 Å². The number of aryl methyl sites for hydroxylation is 1. The van der Waals surface area contributed by atoms with E-state index < -0.39 is 0 Å². The van der Waals surface area contributed by atoms with Gasteiger partial charge in [0, 0.05) is 31.0 Å². The third-order valence-electron chi connectivity index (χ3n) is 4.10. The Bertz CT molecular complexity index is 741. The summed E-state index contributed by atoms with van der Waals surface area (Å²) in [5.74, 6) is 1.13. The summed E-state index contributed by atoms with van der Waals surface area (Å²) >= 11 is 1.32. The average molecular weight is 313 g/mol. The van der Waals surface area contributed by atoms with Gasteiger partial charge in [0.05, 0.1) is 5.69 Å². The predicted molar refractivity (Wildman–Crippen MR) is 92.3 cm³/mol. The molecule has 0 bridgehead atoms. The van der Waals surface area contributed by atoms with Crippen LogP contribution >= 0.6 is 11.8 Å². The Labute approximate surface area is 134 Å². The van der Waals surface area contributed by atoms with Crippen molar-refractivity contribution in [3.63, 3.8) is 0 Å². The summed E-state index contributed by atoms with van der Waals surface area (Å²) in [6, 6.07) is 12.3. The Balaban J connectivity index is 1.93. The molecule has 1 aliphatic rings. The van der Waals surface area contributed by atoms with Gasteiger partial charge < -0.3 is 4.90 Å². The van der Waals surface area contributed by atoms with E-state index in [1.165, 1.54) is 11.8 Å². The minimum atomic E-state index is 0.118. The molecule has 0 aliphatic carbocycles. The van der Waals surface area contributed by atoms with Crippen molar-refractivity contribution in [2.24, 2.45) is 5.92 Å². The summed E-state index contributed by atoms with van der Waals surface area (Å²) in [7, 11) is 0. The van der Waals surface area contributed by atoms with E-state index in [2.05, 4.69) is 24.3 Å². The van der Waals surface area contributed by atoms with Crippen molar-refractivity contribution in [1.29, 1.82) is 0 Å². The van der Waals surface area contributed by atoms with Gasteiger partial charge in [-0.3, -0.25) is 9.59 Å². The lowest BCUT2D eigenvalue weighted by Crippen LogP contribution is -2.25. The molecule has 0 aromatic heterocycles. The van der Waals surface area contributed by atoms with Gasteiger partial charge in [0.15, 0.2) is 5.12 Å². The highest BCUT2D eigenvalue weighted by molar-refractivity contribution is 8.13. The average Bonchev–Trinajstić information content (AvgIpc) is 2.86. The Morgan fingerprint density at radius 2 is 2.05 bits per heavy atom. The van der Waals surface area contributed by atoms with Crippen LogP contribution < -0.4 is 4.90 Å². The van der Waals surface area contributed by atoms with Gasteiger partial charge in [0.25, 0.3) is 0 Å². The number of carbonyl (C=O) groups excluding carboxylic acids is 2. The molecule has 1 atom stereocenters. The number of carbonyl (C=O) groups is 2. The second-order valence-electron chi connectivity index (χ2n) is 5.83. The Kier molecular flexibility index (Phi) is 4.21. The normalized spacial score (nSPS) is 18.2. The van der Waals surface area contributed by atoms with Crippen LogP contribution in [-0.2, 0) is 9.59 Å². The summed E-state index contributed by atoms with van der Waals surface area (Å²) in [6.45, 7) is 4.33. The number of hydrogen-bond acceptors (Lipinski definition) is 3. The van der Waals surface area contributed by atoms with Crippen LogP contribution in [0.15, 0.2) is 36.4 Å². The van der Waals surface area contributed by atoms with Gasteiger partial charge in [0.1, 0.15) is 0 Å². The highest BCUT2D eigenvalue weighted by Gasteiger charge is 2.32. The molecule has 0 radical (unpaired) electrons. The molecule has 0 spiro atoms. The van der Waals surface area contributed by atoms with E-state index in [1.807, 2.05) is 24.0 Å². The van der Waals surface area contributed by atoms with Crippen LogP contribution in [0.4, 0.5) is 5.69 Å². The maximum Gasteiger partial charge on any atom is 0.227 e. The molecule has 0 saturated carbocycles. The molecule has 1 fully saturated rings. The highest BCUT2D eigenvalue weighted by Crippen LogP contribution is 2.35. The molecule has 22 heavy (non-hydrogen) atoms. The second-order valence-corrected chi connectivity index (χ2v) is 7.03. The number of hydrogen-bond donors (Lipinski definition) is 0. The Morgan fingerprint density at radius 1 is 1.27 bits per heavy atom. The summed E-state index contributed by atoms with van der Waals surface area (Å²) in [6.07, 6.45) is 0.531. The first-order valence-corrected chi connectivity index (χ1v) is 8.47. The first-order valence-electron chi connectivity index (χ1n) is 7.48. The van der Waals surface area contributed by atoms with E-state index in [4.69, 9.17) is 0 Å². The van der Waals surface area contributed by atoms with E-state index >= 15 is 0 Å². The Hall–Kier alpha value is -1.81. The Morgan fingerprint density at radius 3 is 2.82 bits per heavy atom. The molecule has 1 saturated heterocycles. The predicted octanol–water partition coefficient (Wildman–Crippen LogP) is 3.78. The molecule has 1 amide bonds. The first kappa shape index (κ1) is 15.1. The molecule has 1 heterocycles. The van der Waals surface area contributed by atoms with Crippen molar-refractivity contribution in [2.45, 2.75) is 20.3 Å². The fraction of sp³-hybridized carbons (Fsp3) is 0.333. The molecule has 2 aromatic carbocycles. The number of thioether (sulfide) groups is 1. The van der Waals surface area contributed by atoms with E-state index in [0.29, 0.717) is 13.0 Å². The van der Waals surface area contributed by atoms with Gasteiger partial charge in [-0.1, -0.05) is 48.2 Å². The fourth-order valence-electron chi connectivity index (χ4n) is 3.07. The minimum Gasteiger partial charge on any atom is -0.311 e. The maximum absolute atomic E-state index is 12.5. The molecule has 1 unspecified atom stereocenters. The van der Waals surface area contributed by atoms with Crippen molar-refractivity contribution in [3.05, 3.63) is 42.0 Å². The molecule has 3 nitrogen and oxygen atoms in total. The van der Waals surface area contributed by atoms with Crippen LogP contribution in [0, 0.1) is 12.8 Å². The number of nitrogens with zero attached hydrogens (tertiary/aromatic N) is 1. The van der Waals surface area contributed by atoms with Gasteiger partial charge in [-0.15, -0.1) is 0 Å². The first-order chi connectivity index (χ1) is 10.6. The zero-order chi connectivity index (χ0) is 15.7. The number of rotatable bonds is 3. The second kappa shape index (κ2) is 6.13. The lowest BCUT2D eigenvalue weighted by atomic mass is 10.0. The van der Waals surface area contributed by atoms with Gasteiger partial charge in [-0.25, -0.2) is 0 Å². The molecular weight excluding hydrogens is 294 g/mol. The zero-order valence-electron chi connectivity index (χ0n) is 12.8. The van der Waals surface area contributed by atoms with Crippen LogP contribution in [0.3, 0.4) is 0 Å². The van der Waals surface area contributed by atoms with Gasteiger partial charge in [0.2, 0.25) is 5.91 Å². The fourth-order valence-corrected chi connectivity index (χ4v) is 3.76. The SMILES string of the molecule is CC(=O)SCC1CC(=O)N(c2c(C)ccc3ccccc23)C1. The van der Waals surface area contributed by atoms with Crippen molar-refractivity contribution >= 4 is 39.2 Å². The number of benzene rings is 2. The molecule has 1 aliphatic heterocycles. The summed E-state index contributed by atoms with van der Waals surface area (Å²) in [5, 5.41) is 2.39. The quantitative estimate of drug-likeness (QED) is 0.865. The van der Waals surface area contributed by atoms with Crippen LogP contribution in [-0.4, -0.2) is 23.3 Å². The number of amides is 1. The van der Waals surface area contributed by atoms with E-state index in [9.17, 15) is 9.59 Å². The largest absolute Gasteiger partial charge is 0.311 e. The van der Waals surface area contributed by atoms with Crippen LogP contribution in [0.5, 0.6) is 0 Å². The number of anilines is 1. The smallest absolute Gasteiger partial charge is 0.227 e. The highest BCUT2D eigenvalue weighted by atomic mass is 32.2. The molecular formula is C18H19NO2S. The third-order valence-corrected chi connectivity index (χ3v) is 5.14. The molecule has 4 heteroatoms. The van der Waals surface area contributed by atoms with E-state index in [0.717, 1.165) is 27.8 Å². The molecule has 3 rings (SSSR count).